The molecule has 0 radical (unpaired) electrons. The molecule has 2 heterocycles. The molecule has 4 rings (SSSR count). The molecule has 0 amide bonds. The number of aryl methyl sites for hydroxylation is 1. The number of ether oxygens (including phenoxy) is 2. The largest absolute Gasteiger partial charge is 0.505 e. The third kappa shape index (κ3) is 1.52. The molecule has 0 bridgehead atoms. The zero-order valence-electron chi connectivity index (χ0n) is 10.7. The lowest BCUT2D eigenvalue weighted by atomic mass is 9.96. The summed E-state index contributed by atoms with van der Waals surface area (Å²) in [5.74, 6) is 1.40. The average Bonchev–Trinajstić information content (AvgIpc) is 3.03. The quantitative estimate of drug-likeness (QED) is 0.836. The smallest absolute Gasteiger partial charge is 0.231 e. The highest BCUT2D eigenvalue weighted by Gasteiger charge is 2.27. The number of nitrogens with one attached hydrogen (secondary N) is 1. The van der Waals surface area contributed by atoms with Gasteiger partial charge in [-0.25, -0.2) is 0 Å². The molecule has 0 atom stereocenters. The maximum Gasteiger partial charge on any atom is 0.231 e. The number of Topliss-reactive ketones (excluding diaryl/α,β-unsaturated/α-hetero) is 1. The number of benzene rings is 1. The lowest BCUT2D eigenvalue weighted by molar-refractivity contribution is 0.0970. The van der Waals surface area contributed by atoms with Crippen molar-refractivity contribution in [2.45, 2.75) is 19.3 Å². The Morgan fingerprint density at radius 3 is 2.85 bits per heavy atom. The van der Waals surface area contributed by atoms with Crippen LogP contribution in [0.25, 0.3) is 11.3 Å². The van der Waals surface area contributed by atoms with Crippen LogP contribution in [-0.2, 0) is 6.42 Å². The van der Waals surface area contributed by atoms with Crippen molar-refractivity contribution in [2.75, 3.05) is 6.79 Å². The Morgan fingerprint density at radius 2 is 2.00 bits per heavy atom. The molecule has 2 N–H and O–H groups in total. The van der Waals surface area contributed by atoms with E-state index < -0.39 is 0 Å². The van der Waals surface area contributed by atoms with Crippen LogP contribution in [-0.4, -0.2) is 22.7 Å². The fourth-order valence-electron chi connectivity index (χ4n) is 2.84. The van der Waals surface area contributed by atoms with Gasteiger partial charge in [-0.1, -0.05) is 0 Å². The third-order valence-electron chi connectivity index (χ3n) is 3.82. The molecule has 0 saturated heterocycles. The summed E-state index contributed by atoms with van der Waals surface area (Å²) in [4.78, 5) is 15.1. The van der Waals surface area contributed by atoms with E-state index in [0.29, 0.717) is 29.2 Å². The number of aromatic hydroxyl groups is 1. The van der Waals surface area contributed by atoms with Crippen molar-refractivity contribution in [3.63, 3.8) is 0 Å². The van der Waals surface area contributed by atoms with Crippen molar-refractivity contribution in [1.82, 2.24) is 4.98 Å². The van der Waals surface area contributed by atoms with E-state index in [1.165, 1.54) is 0 Å². The number of rotatable bonds is 1. The van der Waals surface area contributed by atoms with Gasteiger partial charge in [0.1, 0.15) is 0 Å². The van der Waals surface area contributed by atoms with Gasteiger partial charge < -0.3 is 19.6 Å². The molecule has 0 unspecified atom stereocenters. The van der Waals surface area contributed by atoms with Crippen molar-refractivity contribution < 1.29 is 19.4 Å². The molecule has 102 valence electrons. The number of hydrogen-bond acceptors (Lipinski definition) is 4. The zero-order chi connectivity index (χ0) is 13.7. The molecule has 2 aliphatic rings. The van der Waals surface area contributed by atoms with Gasteiger partial charge in [-0.3, -0.25) is 4.79 Å². The summed E-state index contributed by atoms with van der Waals surface area (Å²) in [6.07, 6.45) is 2.12. The van der Waals surface area contributed by atoms with Crippen LogP contribution in [0.4, 0.5) is 0 Å². The van der Waals surface area contributed by atoms with Gasteiger partial charge in [-0.15, -0.1) is 0 Å². The Balaban J connectivity index is 1.85. The van der Waals surface area contributed by atoms with E-state index in [0.717, 1.165) is 24.1 Å². The standard InChI is InChI=1S/C15H13NO4/c17-10-3-1-2-9-13(10)15(18)14(16-9)8-4-5-11-12(6-8)20-7-19-11/h4-6,16,18H,1-3,7H2. The first kappa shape index (κ1) is 11.4. The molecular weight excluding hydrogens is 258 g/mol. The van der Waals surface area contributed by atoms with Gasteiger partial charge in [0.2, 0.25) is 6.79 Å². The highest BCUT2D eigenvalue weighted by Crippen LogP contribution is 2.41. The first-order valence-corrected chi connectivity index (χ1v) is 6.61. The number of fused-ring (bicyclic) bond motifs is 2. The van der Waals surface area contributed by atoms with Crippen molar-refractivity contribution in [3.8, 4) is 28.5 Å². The van der Waals surface area contributed by atoms with E-state index in [9.17, 15) is 9.90 Å². The summed E-state index contributed by atoms with van der Waals surface area (Å²) >= 11 is 0. The summed E-state index contributed by atoms with van der Waals surface area (Å²) in [6, 6.07) is 5.46. The van der Waals surface area contributed by atoms with E-state index in [2.05, 4.69) is 4.98 Å². The molecule has 5 heteroatoms. The minimum Gasteiger partial charge on any atom is -0.505 e. The summed E-state index contributed by atoms with van der Waals surface area (Å²) in [7, 11) is 0. The summed E-state index contributed by atoms with van der Waals surface area (Å²) in [5.41, 5.74) is 2.63. The van der Waals surface area contributed by atoms with Crippen LogP contribution in [0.3, 0.4) is 0 Å². The number of carbonyl (C=O) groups excluding carboxylic acids is 1. The van der Waals surface area contributed by atoms with Crippen LogP contribution in [0.5, 0.6) is 17.2 Å². The number of ketones is 1. The van der Waals surface area contributed by atoms with Gasteiger partial charge in [-0.05, 0) is 31.0 Å². The predicted molar refractivity (Wildman–Crippen MR) is 71.3 cm³/mol. The number of aromatic amines is 1. The Kier molecular flexibility index (Phi) is 2.30. The highest BCUT2D eigenvalue weighted by molar-refractivity contribution is 6.03. The van der Waals surface area contributed by atoms with E-state index >= 15 is 0 Å². The van der Waals surface area contributed by atoms with Crippen LogP contribution < -0.4 is 9.47 Å². The molecule has 2 aromatic rings. The number of carbonyl (C=O) groups is 1. The zero-order valence-corrected chi connectivity index (χ0v) is 10.7. The van der Waals surface area contributed by atoms with Gasteiger partial charge in [0, 0.05) is 17.7 Å². The third-order valence-corrected chi connectivity index (χ3v) is 3.82. The molecule has 1 aromatic heterocycles. The number of hydrogen-bond donors (Lipinski definition) is 2. The normalized spacial score (nSPS) is 16.3. The Morgan fingerprint density at radius 1 is 1.15 bits per heavy atom. The van der Waals surface area contributed by atoms with Crippen molar-refractivity contribution in [2.24, 2.45) is 0 Å². The second-order valence-electron chi connectivity index (χ2n) is 5.05. The Labute approximate surface area is 115 Å². The van der Waals surface area contributed by atoms with Crippen molar-refractivity contribution in [1.29, 1.82) is 0 Å². The van der Waals surface area contributed by atoms with Crippen molar-refractivity contribution >= 4 is 5.78 Å². The first-order chi connectivity index (χ1) is 9.74. The Bertz CT molecular complexity index is 717. The molecule has 0 fully saturated rings. The Hall–Kier alpha value is -2.43. The average molecular weight is 271 g/mol. The lowest BCUT2D eigenvalue weighted by Crippen LogP contribution is -2.08. The van der Waals surface area contributed by atoms with E-state index in [1.807, 2.05) is 12.1 Å². The lowest BCUT2D eigenvalue weighted by Gasteiger charge is -2.08. The van der Waals surface area contributed by atoms with Gasteiger partial charge in [0.25, 0.3) is 0 Å². The van der Waals surface area contributed by atoms with Gasteiger partial charge in [-0.2, -0.15) is 0 Å². The molecule has 1 aromatic carbocycles. The number of H-pyrrole nitrogens is 1. The highest BCUT2D eigenvalue weighted by atomic mass is 16.7. The maximum absolute atomic E-state index is 11.9. The van der Waals surface area contributed by atoms with Crippen LogP contribution in [0.1, 0.15) is 28.9 Å². The van der Waals surface area contributed by atoms with E-state index in [-0.39, 0.29) is 18.3 Å². The summed E-state index contributed by atoms with van der Waals surface area (Å²) < 4.78 is 10.6. The van der Waals surface area contributed by atoms with Gasteiger partial charge >= 0.3 is 0 Å². The summed E-state index contributed by atoms with van der Waals surface area (Å²) in [6.45, 7) is 0.213. The number of aromatic nitrogens is 1. The second kappa shape index (κ2) is 4.03. The predicted octanol–water partition coefficient (Wildman–Crippen LogP) is 2.64. The molecule has 1 aliphatic carbocycles. The van der Waals surface area contributed by atoms with Crippen LogP contribution in [0.2, 0.25) is 0 Å². The minimum atomic E-state index is 0.00648. The molecular formula is C15H13NO4. The molecule has 5 nitrogen and oxygen atoms in total. The first-order valence-electron chi connectivity index (χ1n) is 6.61. The maximum atomic E-state index is 11.9. The fourth-order valence-corrected chi connectivity index (χ4v) is 2.84. The molecule has 0 saturated carbocycles. The van der Waals surface area contributed by atoms with Crippen molar-refractivity contribution in [3.05, 3.63) is 29.5 Å². The van der Waals surface area contributed by atoms with Gasteiger partial charge in [0.15, 0.2) is 23.0 Å². The summed E-state index contributed by atoms with van der Waals surface area (Å²) in [5, 5.41) is 10.3. The molecule has 1 aliphatic heterocycles. The minimum absolute atomic E-state index is 0.00648. The van der Waals surface area contributed by atoms with Crippen LogP contribution >= 0.6 is 0 Å². The molecule has 0 spiro atoms. The SMILES string of the molecule is O=C1CCCc2[nH]c(-c3ccc4c(c3)OCO4)c(O)c21. The topological polar surface area (TPSA) is 71.6 Å². The second-order valence-corrected chi connectivity index (χ2v) is 5.05. The van der Waals surface area contributed by atoms with Crippen LogP contribution in [0.15, 0.2) is 18.2 Å². The van der Waals surface area contributed by atoms with Gasteiger partial charge in [0.05, 0.1) is 11.3 Å². The van der Waals surface area contributed by atoms with E-state index in [1.54, 1.807) is 6.07 Å². The van der Waals surface area contributed by atoms with Crippen LogP contribution in [0, 0.1) is 0 Å². The molecule has 20 heavy (non-hydrogen) atoms. The van der Waals surface area contributed by atoms with E-state index in [4.69, 9.17) is 9.47 Å². The monoisotopic (exact) mass is 271 g/mol. The fraction of sp³-hybridized carbons (Fsp3) is 0.267.